The van der Waals surface area contributed by atoms with Crippen LogP contribution in [-0.4, -0.2) is 43.9 Å². The monoisotopic (exact) mass is 384 g/mol. The molecule has 1 aromatic carbocycles. The van der Waals surface area contributed by atoms with Crippen LogP contribution in [0, 0.1) is 5.41 Å². The van der Waals surface area contributed by atoms with Crippen LogP contribution in [0.1, 0.15) is 64.0 Å². The predicted molar refractivity (Wildman–Crippen MR) is 115 cm³/mol. The van der Waals surface area contributed by atoms with E-state index in [9.17, 15) is 0 Å². The first-order valence-electron chi connectivity index (χ1n) is 10.9. The Labute approximate surface area is 170 Å². The van der Waals surface area contributed by atoms with Crippen LogP contribution in [-0.2, 0) is 15.0 Å². The molecule has 0 amide bonds. The second-order valence-corrected chi connectivity index (χ2v) is 9.67. The molecule has 2 atom stereocenters. The maximum absolute atomic E-state index is 6.47. The van der Waals surface area contributed by atoms with Crippen LogP contribution in [0.15, 0.2) is 24.3 Å². The maximum atomic E-state index is 6.47. The van der Waals surface area contributed by atoms with Crippen molar-refractivity contribution < 1.29 is 9.47 Å². The molecule has 4 nitrogen and oxygen atoms in total. The van der Waals surface area contributed by atoms with E-state index in [0.29, 0.717) is 5.41 Å². The van der Waals surface area contributed by atoms with Gasteiger partial charge in [-0.3, -0.25) is 4.90 Å². The van der Waals surface area contributed by atoms with Crippen molar-refractivity contribution in [3.63, 3.8) is 0 Å². The summed E-state index contributed by atoms with van der Waals surface area (Å²) >= 11 is 0. The molecule has 1 aliphatic carbocycles. The highest BCUT2D eigenvalue weighted by Crippen LogP contribution is 2.44. The van der Waals surface area contributed by atoms with Crippen LogP contribution in [0.3, 0.4) is 0 Å². The number of ether oxygens (including phenoxy) is 2. The van der Waals surface area contributed by atoms with E-state index in [1.165, 1.54) is 23.1 Å². The highest BCUT2D eigenvalue weighted by atomic mass is 16.5. The van der Waals surface area contributed by atoms with Gasteiger partial charge in [0.2, 0.25) is 0 Å². The van der Waals surface area contributed by atoms with Crippen molar-refractivity contribution in [1.29, 1.82) is 0 Å². The zero-order chi connectivity index (χ0) is 19.8. The molecule has 2 aliphatic heterocycles. The first kappa shape index (κ1) is 19.9. The Balaban J connectivity index is 1.72. The summed E-state index contributed by atoms with van der Waals surface area (Å²) in [6.07, 6.45) is 8.23. The van der Waals surface area contributed by atoms with Crippen molar-refractivity contribution in [2.24, 2.45) is 5.41 Å². The molecule has 0 aromatic heterocycles. The number of nitrogens with zero attached hydrogens (tertiary/aromatic N) is 1. The molecule has 0 bridgehead atoms. The Hall–Kier alpha value is -1.36. The molecule has 154 valence electrons. The van der Waals surface area contributed by atoms with Crippen LogP contribution in [0.5, 0.6) is 0 Å². The summed E-state index contributed by atoms with van der Waals surface area (Å²) in [6.45, 7) is 11.4. The van der Waals surface area contributed by atoms with E-state index >= 15 is 0 Å². The van der Waals surface area contributed by atoms with Crippen molar-refractivity contribution in [2.75, 3.05) is 38.6 Å². The van der Waals surface area contributed by atoms with Crippen molar-refractivity contribution in [2.45, 2.75) is 64.5 Å². The normalized spacial score (nSPS) is 31.4. The average Bonchev–Trinajstić information content (AvgIpc) is 2.69. The minimum atomic E-state index is 0.0262. The van der Waals surface area contributed by atoms with Gasteiger partial charge in [-0.05, 0) is 67.7 Å². The van der Waals surface area contributed by atoms with Gasteiger partial charge in [-0.2, -0.15) is 0 Å². The average molecular weight is 385 g/mol. The lowest BCUT2D eigenvalue weighted by atomic mass is 9.75. The van der Waals surface area contributed by atoms with Crippen LogP contribution in [0.4, 0.5) is 5.69 Å². The molecule has 0 radical (unpaired) electrons. The van der Waals surface area contributed by atoms with Gasteiger partial charge < -0.3 is 15.2 Å². The molecule has 2 heterocycles. The van der Waals surface area contributed by atoms with Gasteiger partial charge in [0, 0.05) is 30.9 Å². The van der Waals surface area contributed by atoms with Crippen LogP contribution in [0.2, 0.25) is 0 Å². The van der Waals surface area contributed by atoms with Crippen molar-refractivity contribution in [3.8, 4) is 0 Å². The van der Waals surface area contributed by atoms with Gasteiger partial charge in [0.25, 0.3) is 0 Å². The minimum Gasteiger partial charge on any atom is -0.398 e. The largest absolute Gasteiger partial charge is 0.398 e. The quantitative estimate of drug-likeness (QED) is 0.775. The zero-order valence-corrected chi connectivity index (χ0v) is 17.8. The Morgan fingerprint density at radius 3 is 2.57 bits per heavy atom. The van der Waals surface area contributed by atoms with Crippen LogP contribution >= 0.6 is 0 Å². The van der Waals surface area contributed by atoms with E-state index in [1.54, 1.807) is 0 Å². The zero-order valence-electron chi connectivity index (χ0n) is 17.8. The fourth-order valence-corrected chi connectivity index (χ4v) is 5.23. The molecule has 2 saturated heterocycles. The Morgan fingerprint density at radius 2 is 1.89 bits per heavy atom. The third-order valence-electron chi connectivity index (χ3n) is 7.07. The van der Waals surface area contributed by atoms with E-state index in [-0.39, 0.29) is 11.6 Å². The topological polar surface area (TPSA) is 47.7 Å². The van der Waals surface area contributed by atoms with Crippen molar-refractivity contribution >= 4 is 11.3 Å². The highest BCUT2D eigenvalue weighted by Gasteiger charge is 2.43. The van der Waals surface area contributed by atoms with Gasteiger partial charge in [-0.15, -0.1) is 0 Å². The summed E-state index contributed by atoms with van der Waals surface area (Å²) in [7, 11) is 0. The van der Waals surface area contributed by atoms with Gasteiger partial charge >= 0.3 is 0 Å². The number of allylic oxidation sites excluding steroid dienone is 2. The Kier molecular flexibility index (Phi) is 5.56. The summed E-state index contributed by atoms with van der Waals surface area (Å²) in [6, 6.07) is 6.79. The molecule has 0 spiro atoms. The molecule has 4 rings (SSSR count). The number of anilines is 1. The van der Waals surface area contributed by atoms with Gasteiger partial charge in [0.05, 0.1) is 24.9 Å². The molecule has 2 unspecified atom stereocenters. The van der Waals surface area contributed by atoms with Gasteiger partial charge in [-0.1, -0.05) is 26.0 Å². The molecule has 28 heavy (non-hydrogen) atoms. The summed E-state index contributed by atoms with van der Waals surface area (Å²) in [5.41, 5.74) is 11.9. The van der Waals surface area contributed by atoms with E-state index in [0.717, 1.165) is 64.3 Å². The third-order valence-corrected chi connectivity index (χ3v) is 7.07. The van der Waals surface area contributed by atoms with Gasteiger partial charge in [0.15, 0.2) is 0 Å². The van der Waals surface area contributed by atoms with E-state index in [2.05, 4.69) is 49.9 Å². The number of benzene rings is 1. The van der Waals surface area contributed by atoms with Crippen LogP contribution in [0.25, 0.3) is 5.57 Å². The van der Waals surface area contributed by atoms with Crippen molar-refractivity contribution in [1.82, 2.24) is 4.90 Å². The molecule has 4 heteroatoms. The number of hydrogen-bond acceptors (Lipinski definition) is 4. The lowest BCUT2D eigenvalue weighted by Gasteiger charge is -2.50. The summed E-state index contributed by atoms with van der Waals surface area (Å²) < 4.78 is 11.6. The lowest BCUT2D eigenvalue weighted by molar-refractivity contribution is -0.0988. The van der Waals surface area contributed by atoms with Crippen LogP contribution < -0.4 is 5.73 Å². The second kappa shape index (κ2) is 7.81. The molecular weight excluding hydrogens is 348 g/mol. The molecule has 2 N–H and O–H groups in total. The third kappa shape index (κ3) is 3.87. The summed E-state index contributed by atoms with van der Waals surface area (Å²) in [5.74, 6) is 0. The minimum absolute atomic E-state index is 0.0262. The molecular formula is C24H36N2O2. The van der Waals surface area contributed by atoms with E-state index in [4.69, 9.17) is 15.2 Å². The van der Waals surface area contributed by atoms with Crippen molar-refractivity contribution in [3.05, 3.63) is 35.4 Å². The Bertz CT molecular complexity index is 736. The smallest absolute Gasteiger partial charge is 0.0594 e. The SMILES string of the molecule is CC1CC(c2ccc(N)c(C3=CCC(C)(C)CC3)c2)(N2CCOCC2)CCO1. The number of nitrogens with two attached hydrogens (primary N) is 1. The maximum Gasteiger partial charge on any atom is 0.0594 e. The highest BCUT2D eigenvalue weighted by molar-refractivity contribution is 5.76. The predicted octanol–water partition coefficient (Wildman–Crippen LogP) is 4.59. The standard InChI is InChI=1S/C24H36N2O2/c1-18-17-24(10-13-28-18,26-11-14-27-15-12-26)20-4-5-22(25)21(16-20)19-6-8-23(2,3)9-7-19/h4-6,16,18H,7-15,17,25H2,1-3H3. The lowest BCUT2D eigenvalue weighted by Crippen LogP contribution is -2.55. The molecule has 3 aliphatic rings. The fraction of sp³-hybridized carbons (Fsp3) is 0.667. The number of nitrogen functional groups attached to an aromatic ring is 1. The number of morpholine rings is 1. The number of hydrogen-bond donors (Lipinski definition) is 1. The fourth-order valence-electron chi connectivity index (χ4n) is 5.23. The molecule has 1 aromatic rings. The first-order chi connectivity index (χ1) is 13.4. The van der Waals surface area contributed by atoms with Gasteiger partial charge in [-0.25, -0.2) is 0 Å². The van der Waals surface area contributed by atoms with E-state index < -0.39 is 0 Å². The first-order valence-corrected chi connectivity index (χ1v) is 10.9. The molecule has 2 fully saturated rings. The number of rotatable bonds is 3. The second-order valence-electron chi connectivity index (χ2n) is 9.67. The summed E-state index contributed by atoms with van der Waals surface area (Å²) in [5, 5.41) is 0. The Morgan fingerprint density at radius 1 is 1.11 bits per heavy atom. The van der Waals surface area contributed by atoms with E-state index in [1.807, 2.05) is 0 Å². The van der Waals surface area contributed by atoms with Gasteiger partial charge in [0.1, 0.15) is 0 Å². The molecule has 0 saturated carbocycles. The summed E-state index contributed by atoms with van der Waals surface area (Å²) in [4.78, 5) is 2.64.